The molecule has 5 heteroatoms. The van der Waals surface area contributed by atoms with E-state index in [1.54, 1.807) is 12.1 Å². The highest BCUT2D eigenvalue weighted by Gasteiger charge is 2.26. The van der Waals surface area contributed by atoms with Crippen LogP contribution in [0.4, 0.5) is 0 Å². The molecular weight excluding hydrogens is 270 g/mol. The van der Waals surface area contributed by atoms with Crippen LogP contribution in [0.1, 0.15) is 22.3 Å². The van der Waals surface area contributed by atoms with Crippen LogP contribution < -0.4 is 0 Å². The third kappa shape index (κ3) is 4.65. The lowest BCUT2D eigenvalue weighted by atomic mass is 9.93. The van der Waals surface area contributed by atoms with Crippen LogP contribution in [0.15, 0.2) is 24.3 Å². The zero-order valence-electron chi connectivity index (χ0n) is 12.2. The summed E-state index contributed by atoms with van der Waals surface area (Å²) in [5.41, 5.74) is 1.66. The molecule has 114 valence electrons. The van der Waals surface area contributed by atoms with Gasteiger partial charge in [-0.1, -0.05) is 29.8 Å². The zero-order valence-corrected chi connectivity index (χ0v) is 12.2. The van der Waals surface area contributed by atoms with Crippen molar-refractivity contribution in [3.05, 3.63) is 35.4 Å². The molecule has 1 aromatic carbocycles. The van der Waals surface area contributed by atoms with Crippen molar-refractivity contribution in [1.29, 1.82) is 0 Å². The lowest BCUT2D eigenvalue weighted by molar-refractivity contribution is -0.138. The number of carboxylic acids is 1. The molecule has 1 fully saturated rings. The first-order chi connectivity index (χ1) is 10.1. The first-order valence-electron chi connectivity index (χ1n) is 7.19. The Morgan fingerprint density at radius 3 is 2.43 bits per heavy atom. The third-order valence-electron chi connectivity index (χ3n) is 3.71. The van der Waals surface area contributed by atoms with E-state index >= 15 is 0 Å². The summed E-state index contributed by atoms with van der Waals surface area (Å²) < 4.78 is 5.28. The highest BCUT2D eigenvalue weighted by molar-refractivity contribution is 5.99. The molecule has 1 N–H and O–H groups in total. The van der Waals surface area contributed by atoms with Crippen molar-refractivity contribution in [3.63, 3.8) is 0 Å². The molecule has 0 radical (unpaired) electrons. The summed E-state index contributed by atoms with van der Waals surface area (Å²) in [6, 6.07) is 7.29. The fourth-order valence-electron chi connectivity index (χ4n) is 2.50. The van der Waals surface area contributed by atoms with E-state index in [1.807, 2.05) is 19.1 Å². The van der Waals surface area contributed by atoms with E-state index in [0.29, 0.717) is 25.3 Å². The quantitative estimate of drug-likeness (QED) is 0.806. The third-order valence-corrected chi connectivity index (χ3v) is 3.71. The molecule has 1 aliphatic heterocycles. The van der Waals surface area contributed by atoms with Crippen molar-refractivity contribution in [1.82, 2.24) is 4.90 Å². The highest BCUT2D eigenvalue weighted by atomic mass is 16.5. The molecule has 0 amide bonds. The van der Waals surface area contributed by atoms with Crippen LogP contribution in [-0.2, 0) is 9.53 Å². The van der Waals surface area contributed by atoms with Gasteiger partial charge in [0.25, 0.3) is 0 Å². The first kappa shape index (κ1) is 15.7. The van der Waals surface area contributed by atoms with Crippen LogP contribution in [0.2, 0.25) is 0 Å². The van der Waals surface area contributed by atoms with Gasteiger partial charge < -0.3 is 9.84 Å². The molecule has 0 aliphatic carbocycles. The Bertz CT molecular complexity index is 492. The number of rotatable bonds is 6. The number of benzene rings is 1. The Kier molecular flexibility index (Phi) is 5.47. The fourth-order valence-corrected chi connectivity index (χ4v) is 2.50. The van der Waals surface area contributed by atoms with Crippen LogP contribution in [0, 0.1) is 12.8 Å². The minimum atomic E-state index is -0.936. The number of carboxylic acid groups (broad SMARTS) is 1. The van der Waals surface area contributed by atoms with Gasteiger partial charge in [0.05, 0.1) is 19.6 Å². The zero-order chi connectivity index (χ0) is 15.2. The van der Waals surface area contributed by atoms with E-state index in [0.717, 1.165) is 18.7 Å². The number of hydrogen-bond donors (Lipinski definition) is 1. The second-order valence-corrected chi connectivity index (χ2v) is 5.44. The fraction of sp³-hybridized carbons (Fsp3) is 0.500. The standard InChI is InChI=1S/C16H21NO4/c1-12-2-4-13(5-3-12)16(20)14(10-15(18)19)11-17-6-8-21-9-7-17/h2-5,14H,6-11H2,1H3,(H,18,19). The van der Waals surface area contributed by atoms with E-state index in [2.05, 4.69) is 4.90 Å². The minimum Gasteiger partial charge on any atom is -0.481 e. The van der Waals surface area contributed by atoms with E-state index in [4.69, 9.17) is 9.84 Å². The van der Waals surface area contributed by atoms with Crippen LogP contribution in [0.5, 0.6) is 0 Å². The van der Waals surface area contributed by atoms with Crippen molar-refractivity contribution in [2.75, 3.05) is 32.8 Å². The first-order valence-corrected chi connectivity index (χ1v) is 7.19. The molecule has 1 unspecified atom stereocenters. The van der Waals surface area contributed by atoms with E-state index in [9.17, 15) is 9.59 Å². The minimum absolute atomic E-state index is 0.0936. The molecule has 0 aromatic heterocycles. The Hall–Kier alpha value is -1.72. The topological polar surface area (TPSA) is 66.8 Å². The summed E-state index contributed by atoms with van der Waals surface area (Å²) in [6.45, 7) is 5.20. The average molecular weight is 291 g/mol. The molecule has 0 bridgehead atoms. The summed E-state index contributed by atoms with van der Waals surface area (Å²) in [5.74, 6) is -1.54. The van der Waals surface area contributed by atoms with Crippen LogP contribution in [0.25, 0.3) is 0 Å². The van der Waals surface area contributed by atoms with E-state index in [1.165, 1.54) is 0 Å². The summed E-state index contributed by atoms with van der Waals surface area (Å²) in [4.78, 5) is 25.7. The number of carbonyl (C=O) groups excluding carboxylic acids is 1. The Balaban J connectivity index is 2.08. The number of aryl methyl sites for hydroxylation is 1. The molecule has 0 saturated carbocycles. The van der Waals surface area contributed by atoms with E-state index < -0.39 is 11.9 Å². The lowest BCUT2D eigenvalue weighted by Gasteiger charge is -2.29. The van der Waals surface area contributed by atoms with Gasteiger partial charge in [0, 0.05) is 31.1 Å². The van der Waals surface area contributed by atoms with Gasteiger partial charge in [-0.15, -0.1) is 0 Å². The Morgan fingerprint density at radius 1 is 1.24 bits per heavy atom. The van der Waals surface area contributed by atoms with Crippen molar-refractivity contribution >= 4 is 11.8 Å². The number of morpholine rings is 1. The molecule has 1 aliphatic rings. The molecule has 1 aromatic rings. The van der Waals surface area contributed by atoms with Gasteiger partial charge in [-0.3, -0.25) is 14.5 Å². The molecule has 2 rings (SSSR count). The maximum absolute atomic E-state index is 12.5. The van der Waals surface area contributed by atoms with Gasteiger partial charge in [-0.2, -0.15) is 0 Å². The molecule has 21 heavy (non-hydrogen) atoms. The number of hydrogen-bond acceptors (Lipinski definition) is 4. The Morgan fingerprint density at radius 2 is 1.86 bits per heavy atom. The van der Waals surface area contributed by atoms with Crippen molar-refractivity contribution in [3.8, 4) is 0 Å². The van der Waals surface area contributed by atoms with E-state index in [-0.39, 0.29) is 12.2 Å². The number of aliphatic carboxylic acids is 1. The summed E-state index contributed by atoms with van der Waals surface area (Å²) >= 11 is 0. The SMILES string of the molecule is Cc1ccc(C(=O)C(CC(=O)O)CN2CCOCC2)cc1. The predicted octanol–water partition coefficient (Wildman–Crippen LogP) is 1.60. The number of nitrogens with zero attached hydrogens (tertiary/aromatic N) is 1. The molecule has 5 nitrogen and oxygen atoms in total. The van der Waals surface area contributed by atoms with Crippen LogP contribution >= 0.6 is 0 Å². The van der Waals surface area contributed by atoms with Gasteiger partial charge in [0.1, 0.15) is 0 Å². The molecule has 1 heterocycles. The average Bonchev–Trinajstić information content (AvgIpc) is 2.47. The number of carbonyl (C=O) groups is 2. The molecule has 1 atom stereocenters. The second-order valence-electron chi connectivity index (χ2n) is 5.44. The van der Waals surface area contributed by atoms with Gasteiger partial charge in [-0.25, -0.2) is 0 Å². The van der Waals surface area contributed by atoms with Gasteiger partial charge >= 0.3 is 5.97 Å². The lowest BCUT2D eigenvalue weighted by Crippen LogP contribution is -2.41. The summed E-state index contributed by atoms with van der Waals surface area (Å²) in [6.07, 6.45) is -0.135. The molecule has 0 spiro atoms. The van der Waals surface area contributed by atoms with Crippen molar-refractivity contribution in [2.45, 2.75) is 13.3 Å². The summed E-state index contributed by atoms with van der Waals surface area (Å²) in [5, 5.41) is 9.06. The maximum Gasteiger partial charge on any atom is 0.304 e. The van der Waals surface area contributed by atoms with Gasteiger partial charge in [-0.05, 0) is 6.92 Å². The smallest absolute Gasteiger partial charge is 0.304 e. The maximum atomic E-state index is 12.5. The second kappa shape index (κ2) is 7.33. The monoisotopic (exact) mass is 291 g/mol. The number of ketones is 1. The molecular formula is C16H21NO4. The number of Topliss-reactive ketones (excluding diaryl/α,β-unsaturated/α-hetero) is 1. The molecule has 1 saturated heterocycles. The van der Waals surface area contributed by atoms with Crippen LogP contribution in [-0.4, -0.2) is 54.6 Å². The Labute approximate surface area is 124 Å². The summed E-state index contributed by atoms with van der Waals surface area (Å²) in [7, 11) is 0. The van der Waals surface area contributed by atoms with Gasteiger partial charge in [0.15, 0.2) is 5.78 Å². The van der Waals surface area contributed by atoms with Crippen LogP contribution in [0.3, 0.4) is 0 Å². The van der Waals surface area contributed by atoms with Gasteiger partial charge in [0.2, 0.25) is 0 Å². The normalized spacial score (nSPS) is 17.4. The highest BCUT2D eigenvalue weighted by Crippen LogP contribution is 2.16. The largest absolute Gasteiger partial charge is 0.481 e. The predicted molar refractivity (Wildman–Crippen MR) is 78.5 cm³/mol. The van der Waals surface area contributed by atoms with Crippen molar-refractivity contribution in [2.24, 2.45) is 5.92 Å². The number of ether oxygens (including phenoxy) is 1. The van der Waals surface area contributed by atoms with Crippen molar-refractivity contribution < 1.29 is 19.4 Å².